The van der Waals surface area contributed by atoms with Crippen molar-refractivity contribution >= 4 is 57.0 Å². The number of carbonyl (C=O) groups is 1. The Morgan fingerprint density at radius 3 is 2.57 bits per heavy atom. The topological polar surface area (TPSA) is 50.2 Å². The monoisotopic (exact) mass is 434 g/mol. The first-order chi connectivity index (χ1) is 14.6. The van der Waals surface area contributed by atoms with Gasteiger partial charge in [0.1, 0.15) is 10.6 Å². The van der Waals surface area contributed by atoms with Crippen molar-refractivity contribution in [1.82, 2.24) is 14.9 Å². The Bertz CT molecular complexity index is 1160. The maximum absolute atomic E-state index is 12.0. The first-order valence-electron chi connectivity index (χ1n) is 10.1. The SMILES string of the molecule is CC1CCN(c2ccc(-n3cnc4ccc(/C=C5\SC(=S)NC5=O)cc43)cc2)CC1. The fourth-order valence-corrected chi connectivity index (χ4v) is 5.03. The predicted molar refractivity (Wildman–Crippen MR) is 128 cm³/mol. The Kier molecular flexibility index (Phi) is 5.08. The number of anilines is 1. The number of thioether (sulfide) groups is 1. The standard InChI is InChI=1S/C23H22N4OS2/c1-15-8-10-26(11-9-15)17-3-5-18(6-4-17)27-14-24-19-7-2-16(12-20(19)27)13-21-22(28)25-23(29)30-21/h2-7,12-15H,8-11H2,1H3,(H,25,28,29)/b21-13-. The zero-order valence-electron chi connectivity index (χ0n) is 16.7. The molecule has 2 aliphatic heterocycles. The third-order valence-electron chi connectivity index (χ3n) is 5.79. The van der Waals surface area contributed by atoms with Crippen molar-refractivity contribution in [3.8, 4) is 5.69 Å². The highest BCUT2D eigenvalue weighted by molar-refractivity contribution is 8.26. The summed E-state index contributed by atoms with van der Waals surface area (Å²) in [5, 5.41) is 2.66. The molecule has 1 aromatic heterocycles. The quantitative estimate of drug-likeness (QED) is 0.476. The minimum Gasteiger partial charge on any atom is -0.372 e. The van der Waals surface area contributed by atoms with Crippen LogP contribution >= 0.6 is 24.0 Å². The fourth-order valence-electron chi connectivity index (χ4n) is 3.98. The molecule has 0 aliphatic carbocycles. The van der Waals surface area contributed by atoms with Crippen LogP contribution in [0.4, 0.5) is 5.69 Å². The van der Waals surface area contributed by atoms with Gasteiger partial charge in [0.15, 0.2) is 0 Å². The lowest BCUT2D eigenvalue weighted by atomic mass is 9.99. The van der Waals surface area contributed by atoms with E-state index in [1.165, 1.54) is 30.3 Å². The van der Waals surface area contributed by atoms with Gasteiger partial charge in [-0.15, -0.1) is 0 Å². The molecule has 0 radical (unpaired) electrons. The van der Waals surface area contributed by atoms with E-state index in [0.717, 1.165) is 41.3 Å². The van der Waals surface area contributed by atoms with Crippen LogP contribution in [0.25, 0.3) is 22.8 Å². The second-order valence-corrected chi connectivity index (χ2v) is 9.62. The number of nitrogens with one attached hydrogen (secondary N) is 1. The lowest BCUT2D eigenvalue weighted by Crippen LogP contribution is -2.32. The highest BCUT2D eigenvalue weighted by atomic mass is 32.2. The minimum atomic E-state index is -0.138. The number of hydrogen-bond donors (Lipinski definition) is 1. The Labute approximate surface area is 185 Å². The van der Waals surface area contributed by atoms with E-state index in [4.69, 9.17) is 12.2 Å². The Balaban J connectivity index is 1.44. The lowest BCUT2D eigenvalue weighted by molar-refractivity contribution is -0.115. The smallest absolute Gasteiger partial charge is 0.263 e. The van der Waals surface area contributed by atoms with E-state index in [1.807, 2.05) is 24.5 Å². The van der Waals surface area contributed by atoms with E-state index in [9.17, 15) is 4.79 Å². The third-order valence-corrected chi connectivity index (χ3v) is 6.95. The average Bonchev–Trinajstić information content (AvgIpc) is 3.31. The highest BCUT2D eigenvalue weighted by Crippen LogP contribution is 2.28. The number of aromatic nitrogens is 2. The molecule has 2 aliphatic rings. The van der Waals surface area contributed by atoms with Gasteiger partial charge in [-0.2, -0.15) is 0 Å². The molecule has 30 heavy (non-hydrogen) atoms. The van der Waals surface area contributed by atoms with Crippen LogP contribution < -0.4 is 10.2 Å². The molecule has 5 rings (SSSR count). The predicted octanol–water partition coefficient (Wildman–Crippen LogP) is 4.75. The summed E-state index contributed by atoms with van der Waals surface area (Å²) < 4.78 is 2.59. The summed E-state index contributed by atoms with van der Waals surface area (Å²) in [6.07, 6.45) is 6.24. The van der Waals surface area contributed by atoms with Gasteiger partial charge in [0, 0.05) is 24.5 Å². The largest absolute Gasteiger partial charge is 0.372 e. The number of benzene rings is 2. The zero-order valence-corrected chi connectivity index (χ0v) is 18.3. The normalized spacial score (nSPS) is 19.1. The van der Waals surface area contributed by atoms with Gasteiger partial charge < -0.3 is 10.2 Å². The fraction of sp³-hybridized carbons (Fsp3) is 0.261. The van der Waals surface area contributed by atoms with Gasteiger partial charge in [0.25, 0.3) is 5.91 Å². The van der Waals surface area contributed by atoms with Gasteiger partial charge in [-0.25, -0.2) is 4.98 Å². The second kappa shape index (κ2) is 7.89. The van der Waals surface area contributed by atoms with Gasteiger partial charge in [-0.1, -0.05) is 37.0 Å². The molecule has 3 aromatic rings. The molecule has 0 atom stereocenters. The zero-order chi connectivity index (χ0) is 20.7. The molecule has 0 bridgehead atoms. The van der Waals surface area contributed by atoms with Gasteiger partial charge >= 0.3 is 0 Å². The Hall–Kier alpha value is -2.64. The van der Waals surface area contributed by atoms with Crippen LogP contribution in [0.15, 0.2) is 53.7 Å². The van der Waals surface area contributed by atoms with Gasteiger partial charge in [0.05, 0.1) is 15.9 Å². The molecule has 0 unspecified atom stereocenters. The van der Waals surface area contributed by atoms with Gasteiger partial charge in [-0.3, -0.25) is 9.36 Å². The highest BCUT2D eigenvalue weighted by Gasteiger charge is 2.22. The van der Waals surface area contributed by atoms with E-state index in [-0.39, 0.29) is 5.91 Å². The number of amides is 1. The molecule has 5 nitrogen and oxygen atoms in total. The van der Waals surface area contributed by atoms with Crippen molar-refractivity contribution in [1.29, 1.82) is 0 Å². The maximum Gasteiger partial charge on any atom is 0.263 e. The van der Waals surface area contributed by atoms with E-state index < -0.39 is 0 Å². The molecule has 1 amide bonds. The van der Waals surface area contributed by atoms with E-state index in [1.54, 1.807) is 0 Å². The maximum atomic E-state index is 12.0. The van der Waals surface area contributed by atoms with Crippen LogP contribution in [0.5, 0.6) is 0 Å². The Morgan fingerprint density at radius 2 is 1.87 bits per heavy atom. The number of hydrogen-bond acceptors (Lipinski definition) is 5. The molecule has 2 aromatic carbocycles. The molecule has 3 heterocycles. The van der Waals surface area contributed by atoms with Crippen LogP contribution in [0.1, 0.15) is 25.3 Å². The number of rotatable bonds is 3. The molecule has 0 saturated carbocycles. The summed E-state index contributed by atoms with van der Waals surface area (Å²) in [6.45, 7) is 4.59. The van der Waals surface area contributed by atoms with Crippen molar-refractivity contribution in [3.63, 3.8) is 0 Å². The summed E-state index contributed by atoms with van der Waals surface area (Å²) >= 11 is 6.37. The number of carbonyl (C=O) groups excluding carboxylic acids is 1. The number of thiocarbonyl (C=S) groups is 1. The molecule has 1 N–H and O–H groups in total. The molecule has 2 saturated heterocycles. The summed E-state index contributed by atoms with van der Waals surface area (Å²) in [7, 11) is 0. The van der Waals surface area contributed by atoms with Crippen molar-refractivity contribution in [2.45, 2.75) is 19.8 Å². The summed E-state index contributed by atoms with van der Waals surface area (Å²) in [5.74, 6) is 0.688. The molecule has 152 valence electrons. The summed E-state index contributed by atoms with van der Waals surface area (Å²) in [4.78, 5) is 19.6. The number of piperidine rings is 1. The average molecular weight is 435 g/mol. The van der Waals surface area contributed by atoms with Gasteiger partial charge in [0.2, 0.25) is 0 Å². The van der Waals surface area contributed by atoms with Crippen molar-refractivity contribution in [3.05, 3.63) is 59.3 Å². The van der Waals surface area contributed by atoms with Crippen molar-refractivity contribution in [2.24, 2.45) is 5.92 Å². The lowest BCUT2D eigenvalue weighted by Gasteiger charge is -2.32. The number of nitrogens with zero attached hydrogens (tertiary/aromatic N) is 3. The van der Waals surface area contributed by atoms with Crippen molar-refractivity contribution in [2.75, 3.05) is 18.0 Å². The molecule has 2 fully saturated rings. The van der Waals surface area contributed by atoms with Gasteiger partial charge in [-0.05, 0) is 66.8 Å². The first-order valence-corrected chi connectivity index (χ1v) is 11.4. The minimum absolute atomic E-state index is 0.138. The molecule has 7 heteroatoms. The number of imidazole rings is 1. The van der Waals surface area contributed by atoms with E-state index in [2.05, 4.69) is 57.0 Å². The first kappa shape index (κ1) is 19.3. The summed E-state index contributed by atoms with van der Waals surface area (Å²) in [5.41, 5.74) is 5.23. The Morgan fingerprint density at radius 1 is 1.13 bits per heavy atom. The van der Waals surface area contributed by atoms with Crippen LogP contribution in [0.3, 0.4) is 0 Å². The third kappa shape index (κ3) is 3.75. The number of fused-ring (bicyclic) bond motifs is 1. The van der Waals surface area contributed by atoms with Crippen LogP contribution in [-0.2, 0) is 4.79 Å². The van der Waals surface area contributed by atoms with Crippen LogP contribution in [0, 0.1) is 5.92 Å². The molecular weight excluding hydrogens is 412 g/mol. The second-order valence-electron chi connectivity index (χ2n) is 7.90. The molecular formula is C23H22N4OS2. The van der Waals surface area contributed by atoms with Crippen LogP contribution in [-0.4, -0.2) is 32.9 Å². The van der Waals surface area contributed by atoms with Crippen molar-refractivity contribution < 1.29 is 4.79 Å². The summed E-state index contributed by atoms with van der Waals surface area (Å²) in [6, 6.07) is 14.7. The van der Waals surface area contributed by atoms with E-state index in [0.29, 0.717) is 9.23 Å². The van der Waals surface area contributed by atoms with Crippen LogP contribution in [0.2, 0.25) is 0 Å². The van der Waals surface area contributed by atoms with E-state index >= 15 is 0 Å². The molecule has 0 spiro atoms.